The van der Waals surface area contributed by atoms with Crippen LogP contribution in [0.3, 0.4) is 0 Å². The molecule has 0 aromatic heterocycles. The maximum absolute atomic E-state index is 13.5. The molecule has 0 N–H and O–H groups in total. The zero-order valence-corrected chi connectivity index (χ0v) is 20.1. The summed E-state index contributed by atoms with van der Waals surface area (Å²) < 4.78 is 38.9. The van der Waals surface area contributed by atoms with Crippen LogP contribution in [0, 0.1) is 6.92 Å². The molecule has 0 aliphatic heterocycles. The van der Waals surface area contributed by atoms with E-state index in [1.54, 1.807) is 42.5 Å². The van der Waals surface area contributed by atoms with Crippen LogP contribution in [-0.2, 0) is 14.8 Å². The van der Waals surface area contributed by atoms with Gasteiger partial charge >= 0.3 is 0 Å². The molecule has 0 unspecified atom stereocenters. The smallest absolute Gasteiger partial charge is 0.278 e. The molecular formula is C26H29NO5S. The minimum Gasteiger partial charge on any atom is -0.494 e. The standard InChI is InChI=1S/C26H29NO5S/c1-5-31-23-13-11-22(12-14-23)27(33(29,30)25-15-9-20(4)10-16-25)26(28)18-32-24-8-6-7-21(17-24)19(2)3/h6-17,19H,5,18H2,1-4H3. The first-order valence-corrected chi connectivity index (χ1v) is 12.3. The molecule has 3 rings (SSSR count). The Hall–Kier alpha value is -3.32. The second-order valence-corrected chi connectivity index (χ2v) is 9.71. The first-order valence-electron chi connectivity index (χ1n) is 10.8. The van der Waals surface area contributed by atoms with Gasteiger partial charge in [0.2, 0.25) is 0 Å². The first kappa shape index (κ1) is 24.3. The number of anilines is 1. The number of carbonyl (C=O) groups excluding carboxylic acids is 1. The van der Waals surface area contributed by atoms with Gasteiger partial charge in [-0.05, 0) is 73.9 Å². The predicted octanol–water partition coefficient (Wildman–Crippen LogP) is 5.32. The molecule has 0 radical (unpaired) electrons. The van der Waals surface area contributed by atoms with E-state index >= 15 is 0 Å². The van der Waals surface area contributed by atoms with E-state index in [1.807, 2.05) is 32.0 Å². The number of ether oxygens (including phenoxy) is 2. The van der Waals surface area contributed by atoms with Crippen molar-refractivity contribution in [3.63, 3.8) is 0 Å². The van der Waals surface area contributed by atoms with Gasteiger partial charge in [0, 0.05) is 0 Å². The average molecular weight is 468 g/mol. The van der Waals surface area contributed by atoms with Crippen LogP contribution in [0.4, 0.5) is 5.69 Å². The van der Waals surface area contributed by atoms with E-state index in [2.05, 4.69) is 13.8 Å². The number of sulfonamides is 1. The minimum atomic E-state index is -4.16. The Labute approximate surface area is 195 Å². The largest absolute Gasteiger partial charge is 0.494 e. The monoisotopic (exact) mass is 467 g/mol. The molecular weight excluding hydrogens is 438 g/mol. The number of benzene rings is 3. The molecule has 33 heavy (non-hydrogen) atoms. The Kier molecular flexibility index (Phi) is 7.76. The van der Waals surface area contributed by atoms with Crippen molar-refractivity contribution in [2.45, 2.75) is 38.5 Å². The third-order valence-electron chi connectivity index (χ3n) is 5.06. The van der Waals surface area contributed by atoms with E-state index in [4.69, 9.17) is 9.47 Å². The van der Waals surface area contributed by atoms with Gasteiger partial charge in [0.1, 0.15) is 11.5 Å². The van der Waals surface area contributed by atoms with Crippen LogP contribution < -0.4 is 13.8 Å². The number of rotatable bonds is 9. The van der Waals surface area contributed by atoms with Gasteiger partial charge in [0.05, 0.1) is 17.2 Å². The molecule has 3 aromatic carbocycles. The highest BCUT2D eigenvalue weighted by Crippen LogP contribution is 2.27. The van der Waals surface area contributed by atoms with Gasteiger partial charge < -0.3 is 9.47 Å². The summed E-state index contributed by atoms with van der Waals surface area (Å²) in [5.41, 5.74) is 2.19. The number of nitrogens with zero attached hydrogens (tertiary/aromatic N) is 1. The Morgan fingerprint density at radius 2 is 1.58 bits per heavy atom. The third kappa shape index (κ3) is 5.93. The van der Waals surface area contributed by atoms with Crippen molar-refractivity contribution in [2.75, 3.05) is 17.5 Å². The maximum Gasteiger partial charge on any atom is 0.278 e. The number of hydrogen-bond acceptors (Lipinski definition) is 5. The quantitative estimate of drug-likeness (QED) is 0.426. The molecule has 174 valence electrons. The molecule has 0 saturated heterocycles. The third-order valence-corrected chi connectivity index (χ3v) is 6.82. The summed E-state index contributed by atoms with van der Waals surface area (Å²) >= 11 is 0. The number of amides is 1. The summed E-state index contributed by atoms with van der Waals surface area (Å²) in [4.78, 5) is 13.2. The Balaban J connectivity index is 1.93. The molecule has 0 fully saturated rings. The van der Waals surface area contributed by atoms with E-state index in [-0.39, 0.29) is 10.6 Å². The van der Waals surface area contributed by atoms with Gasteiger partial charge in [-0.15, -0.1) is 0 Å². The molecule has 0 bridgehead atoms. The van der Waals surface area contributed by atoms with Gasteiger partial charge in [0.25, 0.3) is 15.9 Å². The van der Waals surface area contributed by atoms with Gasteiger partial charge in [-0.3, -0.25) is 4.79 Å². The molecule has 0 aliphatic rings. The highest BCUT2D eigenvalue weighted by atomic mass is 32.2. The Bertz CT molecular complexity index is 1190. The van der Waals surface area contributed by atoms with Crippen LogP contribution in [-0.4, -0.2) is 27.5 Å². The summed E-state index contributed by atoms with van der Waals surface area (Å²) in [5.74, 6) is 0.693. The van der Waals surface area contributed by atoms with Crippen molar-refractivity contribution < 1.29 is 22.7 Å². The summed E-state index contributed by atoms with van der Waals surface area (Å²) in [6.45, 7) is 7.90. The lowest BCUT2D eigenvalue weighted by molar-refractivity contribution is -0.119. The van der Waals surface area contributed by atoms with Crippen LogP contribution in [0.15, 0.2) is 77.7 Å². The lowest BCUT2D eigenvalue weighted by atomic mass is 10.0. The molecule has 7 heteroatoms. The van der Waals surface area contributed by atoms with Crippen molar-refractivity contribution in [3.8, 4) is 11.5 Å². The minimum absolute atomic E-state index is 0.0251. The van der Waals surface area contributed by atoms with E-state index in [0.717, 1.165) is 15.4 Å². The van der Waals surface area contributed by atoms with Gasteiger partial charge in [-0.2, -0.15) is 4.31 Å². The van der Waals surface area contributed by atoms with Crippen molar-refractivity contribution in [1.29, 1.82) is 0 Å². The van der Waals surface area contributed by atoms with Crippen molar-refractivity contribution in [1.82, 2.24) is 0 Å². The van der Waals surface area contributed by atoms with Crippen LogP contribution in [0.1, 0.15) is 37.8 Å². The maximum atomic E-state index is 13.5. The Morgan fingerprint density at radius 1 is 0.909 bits per heavy atom. The summed E-state index contributed by atoms with van der Waals surface area (Å²) in [5, 5.41) is 0. The molecule has 3 aromatic rings. The molecule has 0 heterocycles. The van der Waals surface area contributed by atoms with Crippen LogP contribution in [0.25, 0.3) is 0 Å². The normalized spacial score (nSPS) is 11.3. The molecule has 1 amide bonds. The molecule has 6 nitrogen and oxygen atoms in total. The number of carbonyl (C=O) groups is 1. The van der Waals surface area contributed by atoms with Gasteiger partial charge in [0.15, 0.2) is 6.61 Å². The number of hydrogen-bond donors (Lipinski definition) is 0. The molecule has 0 spiro atoms. The fraction of sp³-hybridized carbons (Fsp3) is 0.269. The highest BCUT2D eigenvalue weighted by molar-refractivity contribution is 7.93. The summed E-state index contributed by atoms with van der Waals surface area (Å²) in [7, 11) is -4.16. The van der Waals surface area contributed by atoms with Crippen molar-refractivity contribution in [3.05, 3.63) is 83.9 Å². The summed E-state index contributed by atoms with van der Waals surface area (Å²) in [6.07, 6.45) is 0. The van der Waals surface area contributed by atoms with Crippen LogP contribution in [0.2, 0.25) is 0 Å². The van der Waals surface area contributed by atoms with Crippen molar-refractivity contribution in [2.24, 2.45) is 0 Å². The lowest BCUT2D eigenvalue weighted by Gasteiger charge is -2.23. The van der Waals surface area contributed by atoms with Gasteiger partial charge in [-0.1, -0.05) is 43.7 Å². The second-order valence-electron chi connectivity index (χ2n) is 7.92. The molecule has 0 saturated carbocycles. The first-order chi connectivity index (χ1) is 15.7. The zero-order chi connectivity index (χ0) is 24.0. The highest BCUT2D eigenvalue weighted by Gasteiger charge is 2.31. The number of aryl methyl sites for hydroxylation is 1. The lowest BCUT2D eigenvalue weighted by Crippen LogP contribution is -2.40. The fourth-order valence-electron chi connectivity index (χ4n) is 3.24. The SMILES string of the molecule is CCOc1ccc(N(C(=O)COc2cccc(C(C)C)c2)S(=O)(=O)c2ccc(C)cc2)cc1. The van der Waals surface area contributed by atoms with E-state index in [9.17, 15) is 13.2 Å². The summed E-state index contributed by atoms with van der Waals surface area (Å²) in [6, 6.07) is 20.2. The topological polar surface area (TPSA) is 72.9 Å². The van der Waals surface area contributed by atoms with E-state index < -0.39 is 22.5 Å². The van der Waals surface area contributed by atoms with E-state index in [0.29, 0.717) is 24.0 Å². The predicted molar refractivity (Wildman–Crippen MR) is 129 cm³/mol. The van der Waals surface area contributed by atoms with Crippen molar-refractivity contribution >= 4 is 21.6 Å². The van der Waals surface area contributed by atoms with Gasteiger partial charge in [-0.25, -0.2) is 8.42 Å². The molecule has 0 atom stereocenters. The molecule has 0 aliphatic carbocycles. The fourth-order valence-corrected chi connectivity index (χ4v) is 4.65. The Morgan fingerprint density at radius 3 is 2.18 bits per heavy atom. The second kappa shape index (κ2) is 10.5. The average Bonchev–Trinajstić information content (AvgIpc) is 2.79. The van der Waals surface area contributed by atoms with Crippen LogP contribution in [0.5, 0.6) is 11.5 Å². The van der Waals surface area contributed by atoms with Crippen LogP contribution >= 0.6 is 0 Å². The zero-order valence-electron chi connectivity index (χ0n) is 19.3. The van der Waals surface area contributed by atoms with E-state index in [1.165, 1.54) is 12.1 Å².